The maximum Gasteiger partial charge on any atom is 0.325 e. The van der Waals surface area contributed by atoms with Crippen LogP contribution < -0.4 is 27.4 Å². The van der Waals surface area contributed by atoms with E-state index in [4.69, 9.17) is 21.7 Å². The fraction of sp³-hybridized carbons (Fsp3) is 0.600. The average molecular weight is 435 g/mol. The first-order valence-corrected chi connectivity index (χ1v) is 9.02. The number of aliphatic carboxylic acids is 2. The molecule has 0 saturated heterocycles. The molecule has 0 heterocycles. The van der Waals surface area contributed by atoms with Crippen molar-refractivity contribution in [2.45, 2.75) is 50.4 Å². The van der Waals surface area contributed by atoms with Crippen molar-refractivity contribution in [3.8, 4) is 0 Å². The van der Waals surface area contributed by atoms with Crippen molar-refractivity contribution < 1.29 is 39.0 Å². The molecule has 0 saturated carbocycles. The quantitative estimate of drug-likeness (QED) is 0.134. The smallest absolute Gasteiger partial charge is 0.325 e. The van der Waals surface area contributed by atoms with Crippen LogP contribution in [-0.2, 0) is 28.8 Å². The Labute approximate surface area is 171 Å². The van der Waals surface area contributed by atoms with Gasteiger partial charge in [-0.15, -0.1) is 0 Å². The molecule has 9 N–H and O–H groups in total. The van der Waals surface area contributed by atoms with Crippen molar-refractivity contribution in [3.05, 3.63) is 0 Å². The van der Waals surface area contributed by atoms with Gasteiger partial charge in [-0.1, -0.05) is 0 Å². The molecular weight excluding hydrogens is 410 g/mol. The Bertz CT molecular complexity index is 659. The van der Waals surface area contributed by atoms with Crippen LogP contribution in [0, 0.1) is 0 Å². The first-order chi connectivity index (χ1) is 13.4. The minimum Gasteiger partial charge on any atom is -0.481 e. The third kappa shape index (κ3) is 10.3. The predicted octanol–water partition coefficient (Wildman–Crippen LogP) is -3.46. The van der Waals surface area contributed by atoms with Gasteiger partial charge in [0.2, 0.25) is 23.6 Å². The number of carbonyl (C=O) groups excluding carboxylic acids is 4. The van der Waals surface area contributed by atoms with Crippen molar-refractivity contribution in [1.82, 2.24) is 16.0 Å². The van der Waals surface area contributed by atoms with Gasteiger partial charge in [0.15, 0.2) is 0 Å². The zero-order valence-electron chi connectivity index (χ0n) is 15.6. The van der Waals surface area contributed by atoms with Crippen LogP contribution in [0.15, 0.2) is 0 Å². The standard InChI is InChI=1S/C15H25N5O8S/c1-6(15(27)28)18-13(25)8(2-3-10(17)21)19-14(26)9(4-11(22)23)20-12(24)7(16)5-29/h6-9,29H,2-5,16H2,1H3,(H2,17,21)(H,18,25)(H,19,26)(H,20,24)(H,22,23)(H,27,28). The summed E-state index contributed by atoms with van der Waals surface area (Å²) < 4.78 is 0. The maximum atomic E-state index is 12.4. The van der Waals surface area contributed by atoms with Crippen LogP contribution in [0.1, 0.15) is 26.2 Å². The van der Waals surface area contributed by atoms with Crippen LogP contribution in [0.4, 0.5) is 0 Å². The zero-order chi connectivity index (χ0) is 22.7. The molecule has 4 amide bonds. The van der Waals surface area contributed by atoms with Gasteiger partial charge in [-0.3, -0.25) is 28.8 Å². The van der Waals surface area contributed by atoms with Crippen molar-refractivity contribution >= 4 is 48.2 Å². The summed E-state index contributed by atoms with van der Waals surface area (Å²) in [7, 11) is 0. The van der Waals surface area contributed by atoms with Gasteiger partial charge in [-0.2, -0.15) is 12.6 Å². The number of carbonyl (C=O) groups is 6. The number of amides is 4. The second-order valence-electron chi connectivity index (χ2n) is 6.08. The first-order valence-electron chi connectivity index (χ1n) is 8.39. The monoisotopic (exact) mass is 435 g/mol. The summed E-state index contributed by atoms with van der Waals surface area (Å²) in [6, 6.07) is -5.37. The largest absolute Gasteiger partial charge is 0.481 e. The highest BCUT2D eigenvalue weighted by atomic mass is 32.1. The Morgan fingerprint density at radius 2 is 1.45 bits per heavy atom. The topological polar surface area (TPSA) is 231 Å². The molecule has 0 aliphatic rings. The molecule has 0 bridgehead atoms. The zero-order valence-corrected chi connectivity index (χ0v) is 16.5. The van der Waals surface area contributed by atoms with Crippen molar-refractivity contribution in [1.29, 1.82) is 0 Å². The average Bonchev–Trinajstić information content (AvgIpc) is 2.62. The second kappa shape index (κ2) is 12.6. The predicted molar refractivity (Wildman–Crippen MR) is 102 cm³/mol. The van der Waals surface area contributed by atoms with Gasteiger partial charge in [0, 0.05) is 12.2 Å². The van der Waals surface area contributed by atoms with Crippen LogP contribution >= 0.6 is 12.6 Å². The molecule has 164 valence electrons. The summed E-state index contributed by atoms with van der Waals surface area (Å²) in [4.78, 5) is 69.4. The second-order valence-corrected chi connectivity index (χ2v) is 6.45. The lowest BCUT2D eigenvalue weighted by molar-refractivity contribution is -0.143. The molecule has 0 spiro atoms. The molecule has 14 heteroatoms. The van der Waals surface area contributed by atoms with E-state index in [0.29, 0.717) is 0 Å². The van der Waals surface area contributed by atoms with E-state index in [9.17, 15) is 28.8 Å². The lowest BCUT2D eigenvalue weighted by Crippen LogP contribution is -2.57. The molecule has 0 aromatic heterocycles. The highest BCUT2D eigenvalue weighted by molar-refractivity contribution is 7.80. The van der Waals surface area contributed by atoms with E-state index >= 15 is 0 Å². The lowest BCUT2D eigenvalue weighted by Gasteiger charge is -2.23. The first kappa shape index (κ1) is 26.1. The molecule has 0 aliphatic carbocycles. The molecule has 0 radical (unpaired) electrons. The summed E-state index contributed by atoms with van der Waals surface area (Å²) in [5.41, 5.74) is 10.5. The normalized spacial score (nSPS) is 14.6. The highest BCUT2D eigenvalue weighted by Crippen LogP contribution is 2.02. The highest BCUT2D eigenvalue weighted by Gasteiger charge is 2.30. The van der Waals surface area contributed by atoms with Crippen LogP contribution in [0.5, 0.6) is 0 Å². The van der Waals surface area contributed by atoms with E-state index in [1.807, 2.05) is 0 Å². The molecule has 29 heavy (non-hydrogen) atoms. The van der Waals surface area contributed by atoms with E-state index in [-0.39, 0.29) is 18.6 Å². The number of hydrogen-bond donors (Lipinski definition) is 8. The van der Waals surface area contributed by atoms with E-state index in [1.165, 1.54) is 6.92 Å². The minimum absolute atomic E-state index is 0.0655. The number of carboxylic acid groups (broad SMARTS) is 2. The molecule has 0 fully saturated rings. The molecule has 0 rings (SSSR count). The van der Waals surface area contributed by atoms with Gasteiger partial charge in [0.25, 0.3) is 0 Å². The third-order valence-corrected chi connectivity index (χ3v) is 3.98. The van der Waals surface area contributed by atoms with E-state index in [1.54, 1.807) is 0 Å². The van der Waals surface area contributed by atoms with Crippen molar-refractivity contribution in [2.24, 2.45) is 11.5 Å². The number of hydrogen-bond acceptors (Lipinski definition) is 8. The Hall–Kier alpha value is -2.87. The number of primary amides is 1. The SMILES string of the molecule is CC(NC(=O)C(CCC(N)=O)NC(=O)C(CC(=O)O)NC(=O)C(N)CS)C(=O)O. The van der Waals surface area contributed by atoms with Gasteiger partial charge in [-0.25, -0.2) is 0 Å². The minimum atomic E-state index is -1.58. The van der Waals surface area contributed by atoms with Crippen LogP contribution in [0.2, 0.25) is 0 Å². The maximum absolute atomic E-state index is 12.4. The fourth-order valence-corrected chi connectivity index (χ4v) is 2.11. The van der Waals surface area contributed by atoms with Gasteiger partial charge in [-0.05, 0) is 13.3 Å². The molecular formula is C15H25N5O8S. The molecule has 4 unspecified atom stereocenters. The van der Waals surface area contributed by atoms with Crippen molar-refractivity contribution in [2.75, 3.05) is 5.75 Å². The van der Waals surface area contributed by atoms with E-state index < -0.39 is 66.2 Å². The third-order valence-electron chi connectivity index (χ3n) is 3.59. The van der Waals surface area contributed by atoms with E-state index in [0.717, 1.165) is 0 Å². The summed E-state index contributed by atoms with van der Waals surface area (Å²) in [6.07, 6.45) is -1.41. The molecule has 0 aromatic rings. The Balaban J connectivity index is 5.38. The van der Waals surface area contributed by atoms with Crippen LogP contribution in [0.25, 0.3) is 0 Å². The number of nitrogens with two attached hydrogens (primary N) is 2. The number of carboxylic acids is 2. The van der Waals surface area contributed by atoms with Crippen LogP contribution in [0.3, 0.4) is 0 Å². The van der Waals surface area contributed by atoms with Gasteiger partial charge in [0.05, 0.1) is 12.5 Å². The van der Waals surface area contributed by atoms with Gasteiger partial charge in [0.1, 0.15) is 18.1 Å². The molecule has 4 atom stereocenters. The Morgan fingerprint density at radius 1 is 0.931 bits per heavy atom. The summed E-state index contributed by atoms with van der Waals surface area (Å²) in [5.74, 6) is -6.40. The Morgan fingerprint density at radius 3 is 1.90 bits per heavy atom. The van der Waals surface area contributed by atoms with Gasteiger partial charge >= 0.3 is 11.9 Å². The fourth-order valence-electron chi connectivity index (χ4n) is 1.95. The van der Waals surface area contributed by atoms with Crippen LogP contribution in [-0.4, -0.2) is 75.7 Å². The number of rotatable bonds is 13. The number of thiol groups is 1. The molecule has 0 aliphatic heterocycles. The van der Waals surface area contributed by atoms with E-state index in [2.05, 4.69) is 28.6 Å². The summed E-state index contributed by atoms with van der Waals surface area (Å²) in [5, 5.41) is 24.3. The van der Waals surface area contributed by atoms with Gasteiger partial charge < -0.3 is 37.6 Å². The Kier molecular flexibility index (Phi) is 11.3. The lowest BCUT2D eigenvalue weighted by atomic mass is 10.1. The molecule has 13 nitrogen and oxygen atoms in total. The summed E-state index contributed by atoms with van der Waals surface area (Å²) in [6.45, 7) is 1.18. The molecule has 0 aromatic carbocycles. The van der Waals surface area contributed by atoms with Crippen molar-refractivity contribution in [3.63, 3.8) is 0 Å². The summed E-state index contributed by atoms with van der Waals surface area (Å²) >= 11 is 3.83. The number of nitrogens with one attached hydrogen (secondary N) is 3.